The van der Waals surface area contributed by atoms with E-state index in [1.807, 2.05) is 41.9 Å². The molecule has 4 aromatic rings. The molecule has 3 aromatic heterocycles. The van der Waals surface area contributed by atoms with Gasteiger partial charge in [0, 0.05) is 12.4 Å². The summed E-state index contributed by atoms with van der Waals surface area (Å²) < 4.78 is 7.84. The van der Waals surface area contributed by atoms with Crippen LogP contribution in [-0.2, 0) is 13.2 Å². The number of nitrogens with zero attached hydrogens (tertiary/aromatic N) is 4. The van der Waals surface area contributed by atoms with Gasteiger partial charge in [-0.2, -0.15) is 15.4 Å². The zero-order chi connectivity index (χ0) is 18.6. The standard InChI is InChI=1S/C19H18N6O2/c1-13-5-4-8-25-11-15(22-18(13)25)12-27-17-7-3-2-6-16(17)19(26)20-9-14-10-21-24-23-14/h2-8,10-11H,9,12H2,1H3,(H,20,26)(H,21,23,24). The molecular formula is C19H18N6O2. The molecule has 4 rings (SSSR count). The number of amides is 1. The van der Waals surface area contributed by atoms with Gasteiger partial charge in [0.2, 0.25) is 0 Å². The third-order valence-corrected chi connectivity index (χ3v) is 4.13. The number of H-pyrrole nitrogens is 1. The van der Waals surface area contributed by atoms with Gasteiger partial charge in [-0.25, -0.2) is 4.98 Å². The van der Waals surface area contributed by atoms with Crippen LogP contribution in [0.15, 0.2) is 55.0 Å². The van der Waals surface area contributed by atoms with E-state index in [0.29, 0.717) is 17.0 Å². The highest BCUT2D eigenvalue weighted by molar-refractivity contribution is 5.96. The first-order valence-electron chi connectivity index (χ1n) is 8.48. The molecule has 8 nitrogen and oxygen atoms in total. The van der Waals surface area contributed by atoms with Crippen molar-refractivity contribution in [2.75, 3.05) is 0 Å². The molecule has 0 aliphatic heterocycles. The number of ether oxygens (including phenoxy) is 1. The summed E-state index contributed by atoms with van der Waals surface area (Å²) in [6.07, 6.45) is 5.44. The van der Waals surface area contributed by atoms with Crippen molar-refractivity contribution in [2.24, 2.45) is 0 Å². The molecule has 0 aliphatic rings. The van der Waals surface area contributed by atoms with Gasteiger partial charge >= 0.3 is 0 Å². The van der Waals surface area contributed by atoms with Crippen LogP contribution in [0.1, 0.15) is 27.3 Å². The van der Waals surface area contributed by atoms with Crippen molar-refractivity contribution in [3.05, 3.63) is 77.5 Å². The average molecular weight is 362 g/mol. The number of aromatic nitrogens is 5. The largest absolute Gasteiger partial charge is 0.486 e. The number of para-hydroxylation sites is 1. The normalized spacial score (nSPS) is 10.9. The summed E-state index contributed by atoms with van der Waals surface area (Å²) >= 11 is 0. The fourth-order valence-corrected chi connectivity index (χ4v) is 2.78. The molecular weight excluding hydrogens is 344 g/mol. The molecule has 8 heteroatoms. The lowest BCUT2D eigenvalue weighted by Crippen LogP contribution is -2.23. The summed E-state index contributed by atoms with van der Waals surface area (Å²) in [6.45, 7) is 2.57. The number of rotatable bonds is 6. The Morgan fingerprint density at radius 3 is 2.93 bits per heavy atom. The van der Waals surface area contributed by atoms with E-state index < -0.39 is 0 Å². The van der Waals surface area contributed by atoms with Crippen molar-refractivity contribution in [2.45, 2.75) is 20.1 Å². The number of aromatic amines is 1. The van der Waals surface area contributed by atoms with Crippen LogP contribution in [0.2, 0.25) is 0 Å². The lowest BCUT2D eigenvalue weighted by atomic mass is 10.2. The fourth-order valence-electron chi connectivity index (χ4n) is 2.78. The van der Waals surface area contributed by atoms with Crippen LogP contribution in [0.4, 0.5) is 0 Å². The molecule has 1 amide bonds. The molecule has 0 bridgehead atoms. The zero-order valence-electron chi connectivity index (χ0n) is 14.7. The first-order chi connectivity index (χ1) is 13.2. The lowest BCUT2D eigenvalue weighted by molar-refractivity contribution is 0.0946. The van der Waals surface area contributed by atoms with E-state index in [-0.39, 0.29) is 19.1 Å². The second-order valence-electron chi connectivity index (χ2n) is 6.08. The summed E-state index contributed by atoms with van der Waals surface area (Å²) in [6, 6.07) is 11.1. The summed E-state index contributed by atoms with van der Waals surface area (Å²) in [5.41, 5.74) is 3.90. The van der Waals surface area contributed by atoms with Crippen LogP contribution >= 0.6 is 0 Å². The van der Waals surface area contributed by atoms with Crippen molar-refractivity contribution in [1.29, 1.82) is 0 Å². The van der Waals surface area contributed by atoms with Gasteiger partial charge in [0.25, 0.3) is 5.91 Å². The van der Waals surface area contributed by atoms with Crippen molar-refractivity contribution < 1.29 is 9.53 Å². The second kappa shape index (κ2) is 7.28. The molecule has 3 heterocycles. The van der Waals surface area contributed by atoms with Gasteiger partial charge < -0.3 is 14.5 Å². The lowest BCUT2D eigenvalue weighted by Gasteiger charge is -2.10. The molecule has 0 saturated heterocycles. The Kier molecular flexibility index (Phi) is 4.52. The van der Waals surface area contributed by atoms with Crippen LogP contribution in [0.5, 0.6) is 5.75 Å². The van der Waals surface area contributed by atoms with Crippen molar-refractivity contribution in [1.82, 2.24) is 30.1 Å². The van der Waals surface area contributed by atoms with Crippen LogP contribution < -0.4 is 10.1 Å². The molecule has 1 aromatic carbocycles. The van der Waals surface area contributed by atoms with Crippen molar-refractivity contribution >= 4 is 11.6 Å². The maximum Gasteiger partial charge on any atom is 0.255 e. The Hall–Kier alpha value is -3.68. The molecule has 2 N–H and O–H groups in total. The molecule has 0 fully saturated rings. The minimum atomic E-state index is -0.237. The van der Waals surface area contributed by atoms with E-state index in [2.05, 4.69) is 25.7 Å². The minimum absolute atomic E-state index is 0.237. The smallest absolute Gasteiger partial charge is 0.255 e. The topological polar surface area (TPSA) is 97.2 Å². The molecule has 0 unspecified atom stereocenters. The maximum atomic E-state index is 12.5. The number of pyridine rings is 1. The Bertz CT molecular complexity index is 1070. The summed E-state index contributed by atoms with van der Waals surface area (Å²) in [5.74, 6) is 0.267. The number of benzene rings is 1. The van der Waals surface area contributed by atoms with Crippen molar-refractivity contribution in [3.8, 4) is 5.75 Å². The number of carbonyl (C=O) groups excluding carboxylic acids is 1. The number of fused-ring (bicyclic) bond motifs is 1. The Morgan fingerprint density at radius 1 is 1.22 bits per heavy atom. The molecule has 0 aliphatic carbocycles. The van der Waals surface area contributed by atoms with E-state index >= 15 is 0 Å². The highest BCUT2D eigenvalue weighted by atomic mass is 16.5. The first kappa shape index (κ1) is 16.8. The van der Waals surface area contributed by atoms with Gasteiger partial charge in [-0.1, -0.05) is 18.2 Å². The van der Waals surface area contributed by atoms with Gasteiger partial charge in [0.15, 0.2) is 0 Å². The number of nitrogens with one attached hydrogen (secondary N) is 2. The van der Waals surface area contributed by atoms with Gasteiger partial charge in [-0.15, -0.1) is 0 Å². The first-order valence-corrected chi connectivity index (χ1v) is 8.48. The molecule has 27 heavy (non-hydrogen) atoms. The van der Waals surface area contributed by atoms with Gasteiger partial charge in [-0.3, -0.25) is 4.79 Å². The van der Waals surface area contributed by atoms with E-state index in [1.165, 1.54) is 0 Å². The SMILES string of the molecule is Cc1cccn2cc(COc3ccccc3C(=O)NCc3cn[nH]n3)nc12. The van der Waals surface area contributed by atoms with Crippen LogP contribution in [-0.4, -0.2) is 30.7 Å². The van der Waals surface area contributed by atoms with Crippen molar-refractivity contribution in [3.63, 3.8) is 0 Å². The maximum absolute atomic E-state index is 12.5. The quantitative estimate of drug-likeness (QED) is 0.548. The highest BCUT2D eigenvalue weighted by Gasteiger charge is 2.13. The molecule has 136 valence electrons. The molecule has 0 spiro atoms. The summed E-state index contributed by atoms with van der Waals surface area (Å²) in [4.78, 5) is 17.1. The highest BCUT2D eigenvalue weighted by Crippen LogP contribution is 2.20. The van der Waals surface area contributed by atoms with E-state index in [9.17, 15) is 4.79 Å². The second-order valence-corrected chi connectivity index (χ2v) is 6.08. The minimum Gasteiger partial charge on any atom is -0.486 e. The monoisotopic (exact) mass is 362 g/mol. The summed E-state index contributed by atoms with van der Waals surface area (Å²) in [5, 5.41) is 13.0. The molecule has 0 atom stereocenters. The van der Waals surface area contributed by atoms with E-state index in [1.54, 1.807) is 24.4 Å². The van der Waals surface area contributed by atoms with Gasteiger partial charge in [0.05, 0.1) is 24.0 Å². The fraction of sp³-hybridized carbons (Fsp3) is 0.158. The van der Waals surface area contributed by atoms with Gasteiger partial charge in [-0.05, 0) is 30.7 Å². The number of aryl methyl sites for hydroxylation is 1. The Morgan fingerprint density at radius 2 is 2.11 bits per heavy atom. The number of hydrogen-bond donors (Lipinski definition) is 2. The van der Waals surface area contributed by atoms with Crippen LogP contribution in [0.3, 0.4) is 0 Å². The number of carbonyl (C=O) groups is 1. The third-order valence-electron chi connectivity index (χ3n) is 4.13. The van der Waals surface area contributed by atoms with E-state index in [0.717, 1.165) is 16.9 Å². The predicted octanol–water partition coefficient (Wildman–Crippen LogP) is 2.27. The third kappa shape index (κ3) is 3.64. The van der Waals surface area contributed by atoms with Gasteiger partial charge in [0.1, 0.15) is 23.7 Å². The van der Waals surface area contributed by atoms with Crippen LogP contribution in [0, 0.1) is 6.92 Å². The van der Waals surface area contributed by atoms with Crippen LogP contribution in [0.25, 0.3) is 5.65 Å². The predicted molar refractivity (Wildman–Crippen MR) is 98.3 cm³/mol. The summed E-state index contributed by atoms with van der Waals surface area (Å²) in [7, 11) is 0. The van der Waals surface area contributed by atoms with E-state index in [4.69, 9.17) is 4.74 Å². The Labute approximate surface area is 155 Å². The Balaban J connectivity index is 1.47. The average Bonchev–Trinajstić information content (AvgIpc) is 3.35. The number of hydrogen-bond acceptors (Lipinski definition) is 5. The molecule has 0 saturated carbocycles. The number of imidazole rings is 1. The zero-order valence-corrected chi connectivity index (χ0v) is 14.7. The molecule has 0 radical (unpaired) electrons.